The van der Waals surface area contributed by atoms with Crippen molar-refractivity contribution in [3.63, 3.8) is 0 Å². The minimum Gasteiger partial charge on any atom is -0.450 e. The number of anilines is 1. The standard InChI is InChI=1S/C24H26ClF2N7O2/c1-3-36-24(35)33-13-16-12-17(25)4-5-19(16)34-21(14(33)2)30-31-22(34)15-7-10-32(11-8-15)23-28-9-6-18(29-23)20(26)27/h4-6,9,12,14-15,20H,3,7-8,10-11,13H2,1-2H3. The molecular weight excluding hydrogens is 492 g/mol. The molecule has 9 nitrogen and oxygen atoms in total. The minimum atomic E-state index is -2.64. The first kappa shape index (κ1) is 24.4. The second kappa shape index (κ2) is 9.96. The highest BCUT2D eigenvalue weighted by molar-refractivity contribution is 6.30. The van der Waals surface area contributed by atoms with Gasteiger partial charge in [-0.05, 0) is 56.5 Å². The van der Waals surface area contributed by atoms with Gasteiger partial charge in [-0.2, -0.15) is 0 Å². The van der Waals surface area contributed by atoms with Crippen LogP contribution < -0.4 is 4.90 Å². The summed E-state index contributed by atoms with van der Waals surface area (Å²) in [6.07, 6.45) is -0.250. The van der Waals surface area contributed by atoms with E-state index in [4.69, 9.17) is 16.3 Å². The molecule has 12 heteroatoms. The van der Waals surface area contributed by atoms with Crippen molar-refractivity contribution in [2.45, 2.75) is 51.6 Å². The highest BCUT2D eigenvalue weighted by atomic mass is 35.5. The number of ether oxygens (including phenoxy) is 1. The topological polar surface area (TPSA) is 89.3 Å². The molecule has 0 radical (unpaired) electrons. The van der Waals surface area contributed by atoms with E-state index in [9.17, 15) is 13.6 Å². The second-order valence-corrected chi connectivity index (χ2v) is 9.31. The van der Waals surface area contributed by atoms with Gasteiger partial charge in [-0.3, -0.25) is 9.47 Å². The van der Waals surface area contributed by atoms with E-state index in [1.165, 1.54) is 12.3 Å². The molecule has 1 aromatic carbocycles. The summed E-state index contributed by atoms with van der Waals surface area (Å²) in [5.74, 6) is 1.83. The number of carbonyl (C=O) groups is 1. The lowest BCUT2D eigenvalue weighted by Crippen LogP contribution is -2.35. The maximum absolute atomic E-state index is 13.1. The van der Waals surface area contributed by atoms with Crippen LogP contribution in [0.25, 0.3) is 5.69 Å². The number of benzene rings is 1. The molecule has 2 aromatic heterocycles. The molecular formula is C24H26ClF2N7O2. The number of fused-ring (bicyclic) bond motifs is 3. The van der Waals surface area contributed by atoms with E-state index in [-0.39, 0.29) is 24.3 Å². The molecule has 36 heavy (non-hydrogen) atoms. The maximum Gasteiger partial charge on any atom is 0.410 e. The Balaban J connectivity index is 1.45. The first-order valence-corrected chi connectivity index (χ1v) is 12.3. The second-order valence-electron chi connectivity index (χ2n) is 8.87. The van der Waals surface area contributed by atoms with Gasteiger partial charge in [0.2, 0.25) is 5.95 Å². The van der Waals surface area contributed by atoms with Crippen molar-refractivity contribution in [3.05, 3.63) is 58.4 Å². The molecule has 0 aliphatic carbocycles. The van der Waals surface area contributed by atoms with Gasteiger partial charge in [0.25, 0.3) is 6.43 Å². The van der Waals surface area contributed by atoms with Crippen LogP contribution in [-0.4, -0.2) is 55.4 Å². The largest absolute Gasteiger partial charge is 0.450 e. The van der Waals surface area contributed by atoms with Gasteiger partial charge in [-0.15, -0.1) is 10.2 Å². The molecule has 0 saturated carbocycles. The highest BCUT2D eigenvalue weighted by Crippen LogP contribution is 2.37. The van der Waals surface area contributed by atoms with Crippen molar-refractivity contribution in [3.8, 4) is 5.69 Å². The quantitative estimate of drug-likeness (QED) is 0.477. The molecule has 0 bridgehead atoms. The van der Waals surface area contributed by atoms with Gasteiger partial charge in [-0.25, -0.2) is 23.5 Å². The van der Waals surface area contributed by atoms with Crippen LogP contribution in [0.2, 0.25) is 5.02 Å². The lowest BCUT2D eigenvalue weighted by atomic mass is 9.95. The minimum absolute atomic E-state index is 0.0747. The number of piperidine rings is 1. The zero-order chi connectivity index (χ0) is 25.4. The van der Waals surface area contributed by atoms with Crippen molar-refractivity contribution >= 4 is 23.6 Å². The average molecular weight is 518 g/mol. The zero-order valence-corrected chi connectivity index (χ0v) is 20.7. The number of nitrogens with zero attached hydrogens (tertiary/aromatic N) is 7. The number of alkyl halides is 2. The zero-order valence-electron chi connectivity index (χ0n) is 19.9. The van der Waals surface area contributed by atoms with Gasteiger partial charge in [-0.1, -0.05) is 11.6 Å². The molecule has 1 amide bonds. The Morgan fingerprint density at radius 2 is 1.94 bits per heavy atom. The molecule has 2 aliphatic heterocycles. The van der Waals surface area contributed by atoms with Gasteiger partial charge in [0.05, 0.1) is 24.9 Å². The third kappa shape index (κ3) is 4.47. The van der Waals surface area contributed by atoms with E-state index < -0.39 is 12.5 Å². The first-order chi connectivity index (χ1) is 17.4. The number of carbonyl (C=O) groups excluding carboxylic acids is 1. The summed E-state index contributed by atoms with van der Waals surface area (Å²) in [7, 11) is 0. The summed E-state index contributed by atoms with van der Waals surface area (Å²) in [6.45, 7) is 5.46. The van der Waals surface area contributed by atoms with Crippen LogP contribution in [0.15, 0.2) is 30.5 Å². The first-order valence-electron chi connectivity index (χ1n) is 11.9. The molecule has 0 spiro atoms. The lowest BCUT2D eigenvalue weighted by Gasteiger charge is -2.32. The number of aromatic nitrogens is 5. The molecule has 5 rings (SSSR count). The highest BCUT2D eigenvalue weighted by Gasteiger charge is 2.35. The van der Waals surface area contributed by atoms with Crippen molar-refractivity contribution in [2.75, 3.05) is 24.6 Å². The summed E-state index contributed by atoms with van der Waals surface area (Å²) >= 11 is 6.31. The Labute approximate surface area is 212 Å². The number of hydrogen-bond donors (Lipinski definition) is 0. The molecule has 1 fully saturated rings. The Bertz CT molecular complexity index is 1260. The van der Waals surface area contributed by atoms with E-state index in [0.717, 1.165) is 29.9 Å². The predicted octanol–water partition coefficient (Wildman–Crippen LogP) is 5.07. The van der Waals surface area contributed by atoms with Gasteiger partial charge < -0.3 is 9.64 Å². The third-order valence-corrected chi connectivity index (χ3v) is 6.95. The number of amides is 1. The number of rotatable bonds is 4. The van der Waals surface area contributed by atoms with Crippen molar-refractivity contribution < 1.29 is 18.3 Å². The SMILES string of the molecule is CCOC(=O)N1Cc2cc(Cl)ccc2-n2c(C3CCN(c4nccc(C(F)F)n4)CC3)nnc2C1C. The van der Waals surface area contributed by atoms with Crippen LogP contribution in [0.5, 0.6) is 0 Å². The number of halogens is 3. The van der Waals surface area contributed by atoms with E-state index in [0.29, 0.717) is 36.4 Å². The smallest absolute Gasteiger partial charge is 0.410 e. The van der Waals surface area contributed by atoms with Crippen molar-refractivity contribution in [2.24, 2.45) is 0 Å². The monoisotopic (exact) mass is 517 g/mol. The van der Waals surface area contributed by atoms with E-state index in [1.807, 2.05) is 34.6 Å². The van der Waals surface area contributed by atoms with Gasteiger partial charge in [0, 0.05) is 30.2 Å². The normalized spacial score (nSPS) is 18.1. The molecule has 1 unspecified atom stereocenters. The van der Waals surface area contributed by atoms with Crippen LogP contribution in [-0.2, 0) is 11.3 Å². The fourth-order valence-corrected chi connectivity index (χ4v) is 5.05. The average Bonchev–Trinajstić information content (AvgIpc) is 3.27. The van der Waals surface area contributed by atoms with E-state index in [2.05, 4.69) is 20.2 Å². The fraction of sp³-hybridized carbons (Fsp3) is 0.458. The Morgan fingerprint density at radius 1 is 1.19 bits per heavy atom. The molecule has 4 heterocycles. The van der Waals surface area contributed by atoms with Gasteiger partial charge in [0.15, 0.2) is 5.82 Å². The molecule has 190 valence electrons. The lowest BCUT2D eigenvalue weighted by molar-refractivity contribution is 0.0888. The number of hydrogen-bond acceptors (Lipinski definition) is 7. The summed E-state index contributed by atoms with van der Waals surface area (Å²) in [5.41, 5.74) is 1.47. The van der Waals surface area contributed by atoms with Crippen LogP contribution in [0.3, 0.4) is 0 Å². The van der Waals surface area contributed by atoms with Crippen LogP contribution in [0, 0.1) is 0 Å². The van der Waals surface area contributed by atoms with Gasteiger partial charge >= 0.3 is 6.09 Å². The van der Waals surface area contributed by atoms with Gasteiger partial charge in [0.1, 0.15) is 11.5 Å². The summed E-state index contributed by atoms with van der Waals surface area (Å²) in [4.78, 5) is 24.5. The van der Waals surface area contributed by atoms with Crippen LogP contribution in [0.1, 0.15) is 68.0 Å². The Hall–Kier alpha value is -3.34. The maximum atomic E-state index is 13.1. The molecule has 1 saturated heterocycles. The molecule has 0 N–H and O–H groups in total. The molecule has 2 aliphatic rings. The van der Waals surface area contributed by atoms with Crippen LogP contribution in [0.4, 0.5) is 19.5 Å². The van der Waals surface area contributed by atoms with E-state index >= 15 is 0 Å². The van der Waals surface area contributed by atoms with Crippen molar-refractivity contribution in [1.82, 2.24) is 29.6 Å². The molecule has 3 aromatic rings. The van der Waals surface area contributed by atoms with Crippen molar-refractivity contribution in [1.29, 1.82) is 0 Å². The summed E-state index contributed by atoms with van der Waals surface area (Å²) in [6, 6.07) is 6.45. The molecule has 1 atom stereocenters. The fourth-order valence-electron chi connectivity index (χ4n) is 4.85. The van der Waals surface area contributed by atoms with Crippen LogP contribution >= 0.6 is 11.6 Å². The Kier molecular flexibility index (Phi) is 6.74. The van der Waals surface area contributed by atoms with E-state index in [1.54, 1.807) is 11.8 Å². The Morgan fingerprint density at radius 3 is 2.67 bits per heavy atom. The summed E-state index contributed by atoms with van der Waals surface area (Å²) in [5, 5.41) is 9.64. The third-order valence-electron chi connectivity index (χ3n) is 6.71. The predicted molar refractivity (Wildman–Crippen MR) is 129 cm³/mol. The summed E-state index contributed by atoms with van der Waals surface area (Å²) < 4.78 is 33.5.